The van der Waals surface area contributed by atoms with Crippen molar-refractivity contribution in [2.24, 2.45) is 5.92 Å². The Labute approximate surface area is 123 Å². The van der Waals surface area contributed by atoms with Crippen molar-refractivity contribution >= 4 is 5.78 Å². The van der Waals surface area contributed by atoms with Crippen molar-refractivity contribution in [3.05, 3.63) is 34.9 Å². The number of nitrogens with zero attached hydrogens (tertiary/aromatic N) is 1. The smallest absolute Gasteiger partial charge is 0.179 e. The summed E-state index contributed by atoms with van der Waals surface area (Å²) in [4.78, 5) is 15.2. The fourth-order valence-corrected chi connectivity index (χ4v) is 2.75. The van der Waals surface area contributed by atoms with Crippen LogP contribution in [0.1, 0.15) is 54.6 Å². The Morgan fingerprint density at radius 2 is 2.05 bits per heavy atom. The van der Waals surface area contributed by atoms with Crippen LogP contribution in [0.15, 0.2) is 18.2 Å². The van der Waals surface area contributed by atoms with Crippen molar-refractivity contribution in [2.45, 2.75) is 53.0 Å². The fraction of sp³-hybridized carbons (Fsp3) is 0.611. The Morgan fingerprint density at radius 3 is 2.65 bits per heavy atom. The van der Waals surface area contributed by atoms with E-state index >= 15 is 0 Å². The van der Waals surface area contributed by atoms with Crippen LogP contribution in [0.2, 0.25) is 0 Å². The molecular weight excluding hydrogens is 246 g/mol. The van der Waals surface area contributed by atoms with E-state index in [1.165, 1.54) is 12.8 Å². The molecule has 1 fully saturated rings. The van der Waals surface area contributed by atoms with Gasteiger partial charge in [-0.2, -0.15) is 0 Å². The third-order valence-corrected chi connectivity index (χ3v) is 4.29. The normalized spacial score (nSPS) is 16.4. The van der Waals surface area contributed by atoms with E-state index < -0.39 is 0 Å². The number of rotatable bonds is 7. The summed E-state index contributed by atoms with van der Waals surface area (Å²) >= 11 is 0. The van der Waals surface area contributed by atoms with Crippen molar-refractivity contribution in [2.75, 3.05) is 13.1 Å². The van der Waals surface area contributed by atoms with Crippen molar-refractivity contribution in [1.29, 1.82) is 0 Å². The molecule has 110 valence electrons. The first-order chi connectivity index (χ1) is 9.52. The molecule has 0 amide bonds. The molecule has 0 bridgehead atoms. The van der Waals surface area contributed by atoms with Gasteiger partial charge in [0.2, 0.25) is 0 Å². The minimum absolute atomic E-state index is 0.00366. The number of carbonyl (C=O) groups is 1. The van der Waals surface area contributed by atoms with Crippen LogP contribution in [-0.4, -0.2) is 29.8 Å². The Morgan fingerprint density at radius 1 is 1.35 bits per heavy atom. The highest BCUT2D eigenvalue weighted by molar-refractivity contribution is 6.01. The van der Waals surface area contributed by atoms with Crippen LogP contribution in [0, 0.1) is 19.8 Å². The van der Waals surface area contributed by atoms with Crippen LogP contribution >= 0.6 is 0 Å². The lowest BCUT2D eigenvalue weighted by Gasteiger charge is -2.28. The lowest BCUT2D eigenvalue weighted by atomic mass is 9.97. The molecule has 2 rings (SSSR count). The molecule has 2 heteroatoms. The second-order valence-corrected chi connectivity index (χ2v) is 6.30. The van der Waals surface area contributed by atoms with E-state index in [0.29, 0.717) is 0 Å². The van der Waals surface area contributed by atoms with Crippen molar-refractivity contribution < 1.29 is 4.79 Å². The van der Waals surface area contributed by atoms with Crippen molar-refractivity contribution in [1.82, 2.24) is 4.90 Å². The van der Waals surface area contributed by atoms with E-state index in [2.05, 4.69) is 37.8 Å². The van der Waals surface area contributed by atoms with Gasteiger partial charge in [-0.1, -0.05) is 24.6 Å². The average Bonchev–Trinajstić information content (AvgIpc) is 3.23. The van der Waals surface area contributed by atoms with Crippen LogP contribution in [0.4, 0.5) is 0 Å². The summed E-state index contributed by atoms with van der Waals surface area (Å²) in [6.45, 7) is 10.5. The number of hydrogen-bond acceptors (Lipinski definition) is 2. The zero-order chi connectivity index (χ0) is 14.7. The second-order valence-electron chi connectivity index (χ2n) is 6.30. The molecule has 1 saturated carbocycles. The highest BCUT2D eigenvalue weighted by Crippen LogP contribution is 2.30. The molecule has 0 radical (unpaired) electrons. The van der Waals surface area contributed by atoms with Gasteiger partial charge < -0.3 is 0 Å². The Hall–Kier alpha value is -1.15. The van der Waals surface area contributed by atoms with Gasteiger partial charge in [0.05, 0.1) is 6.04 Å². The topological polar surface area (TPSA) is 20.3 Å². The van der Waals surface area contributed by atoms with Gasteiger partial charge in [-0.15, -0.1) is 0 Å². The third-order valence-electron chi connectivity index (χ3n) is 4.29. The molecule has 1 aliphatic carbocycles. The van der Waals surface area contributed by atoms with Gasteiger partial charge in [-0.05, 0) is 64.1 Å². The molecule has 2 nitrogen and oxygen atoms in total. The summed E-state index contributed by atoms with van der Waals surface area (Å²) in [6, 6.07) is 6.16. The predicted octanol–water partition coefficient (Wildman–Crippen LogP) is 4.00. The summed E-state index contributed by atoms with van der Waals surface area (Å²) in [5.74, 6) is 1.11. The molecule has 0 heterocycles. The van der Waals surface area contributed by atoms with Crippen LogP contribution in [0.5, 0.6) is 0 Å². The highest BCUT2D eigenvalue weighted by Gasteiger charge is 2.29. The molecule has 20 heavy (non-hydrogen) atoms. The lowest BCUT2D eigenvalue weighted by molar-refractivity contribution is 0.0830. The molecule has 0 aromatic heterocycles. The standard InChI is InChI=1S/C18H27NO/c1-5-10-19(12-16-8-9-16)15(4)18(20)17-11-13(2)6-7-14(17)3/h6-7,11,15-16H,5,8-10,12H2,1-4H3. The Kier molecular flexibility index (Phi) is 4.98. The summed E-state index contributed by atoms with van der Waals surface area (Å²) in [6.07, 6.45) is 3.78. The monoisotopic (exact) mass is 273 g/mol. The fourth-order valence-electron chi connectivity index (χ4n) is 2.75. The van der Waals surface area contributed by atoms with Gasteiger partial charge in [-0.3, -0.25) is 9.69 Å². The molecule has 1 aromatic carbocycles. The van der Waals surface area contributed by atoms with Gasteiger partial charge in [0.15, 0.2) is 5.78 Å². The molecule has 1 aromatic rings. The van der Waals surface area contributed by atoms with Gasteiger partial charge >= 0.3 is 0 Å². The quantitative estimate of drug-likeness (QED) is 0.700. The zero-order valence-electron chi connectivity index (χ0n) is 13.3. The molecule has 1 aliphatic rings. The van der Waals surface area contributed by atoms with Gasteiger partial charge in [0, 0.05) is 12.1 Å². The van der Waals surface area contributed by atoms with E-state index in [1.54, 1.807) is 0 Å². The molecule has 1 unspecified atom stereocenters. The van der Waals surface area contributed by atoms with Crippen LogP contribution in [-0.2, 0) is 0 Å². The number of benzene rings is 1. The van der Waals surface area contributed by atoms with E-state index in [4.69, 9.17) is 0 Å². The molecule has 1 atom stereocenters. The zero-order valence-corrected chi connectivity index (χ0v) is 13.3. The number of ketones is 1. The number of Topliss-reactive ketones (excluding diaryl/α,β-unsaturated/α-hetero) is 1. The molecule has 0 aliphatic heterocycles. The predicted molar refractivity (Wildman–Crippen MR) is 84.3 cm³/mol. The first-order valence-corrected chi connectivity index (χ1v) is 7.88. The summed E-state index contributed by atoms with van der Waals surface area (Å²) in [5, 5.41) is 0. The largest absolute Gasteiger partial charge is 0.293 e. The van der Waals surface area contributed by atoms with Crippen molar-refractivity contribution in [3.8, 4) is 0 Å². The molecular formula is C18H27NO. The molecule has 0 spiro atoms. The van der Waals surface area contributed by atoms with Crippen LogP contribution in [0.3, 0.4) is 0 Å². The summed E-state index contributed by atoms with van der Waals surface area (Å²) < 4.78 is 0. The SMILES string of the molecule is CCCN(CC1CC1)C(C)C(=O)c1cc(C)ccc1C. The van der Waals surface area contributed by atoms with E-state index in [0.717, 1.165) is 42.1 Å². The second kappa shape index (κ2) is 6.53. The number of aryl methyl sites for hydroxylation is 2. The van der Waals surface area contributed by atoms with Gasteiger partial charge in [-0.25, -0.2) is 0 Å². The first-order valence-electron chi connectivity index (χ1n) is 7.88. The van der Waals surface area contributed by atoms with Gasteiger partial charge in [0.1, 0.15) is 0 Å². The van der Waals surface area contributed by atoms with Crippen LogP contribution < -0.4 is 0 Å². The highest BCUT2D eigenvalue weighted by atomic mass is 16.1. The lowest BCUT2D eigenvalue weighted by Crippen LogP contribution is -2.41. The number of carbonyl (C=O) groups excluding carboxylic acids is 1. The van der Waals surface area contributed by atoms with E-state index in [-0.39, 0.29) is 11.8 Å². The minimum Gasteiger partial charge on any atom is -0.293 e. The Bertz CT molecular complexity index is 476. The maximum atomic E-state index is 12.8. The molecule has 0 saturated heterocycles. The van der Waals surface area contributed by atoms with Gasteiger partial charge in [0.25, 0.3) is 0 Å². The number of hydrogen-bond donors (Lipinski definition) is 0. The van der Waals surface area contributed by atoms with E-state index in [9.17, 15) is 4.79 Å². The third kappa shape index (κ3) is 3.69. The maximum absolute atomic E-state index is 12.8. The minimum atomic E-state index is -0.00366. The van der Waals surface area contributed by atoms with E-state index in [1.807, 2.05) is 13.0 Å². The maximum Gasteiger partial charge on any atom is 0.179 e. The van der Waals surface area contributed by atoms with Crippen molar-refractivity contribution in [3.63, 3.8) is 0 Å². The first kappa shape index (κ1) is 15.2. The molecule has 0 N–H and O–H groups in total. The Balaban J connectivity index is 2.14. The summed E-state index contributed by atoms with van der Waals surface area (Å²) in [5.41, 5.74) is 3.15. The average molecular weight is 273 g/mol. The van der Waals surface area contributed by atoms with Crippen LogP contribution in [0.25, 0.3) is 0 Å². The summed E-state index contributed by atoms with van der Waals surface area (Å²) in [7, 11) is 0.